The van der Waals surface area contributed by atoms with Gasteiger partial charge in [-0.3, -0.25) is 4.79 Å². The summed E-state index contributed by atoms with van der Waals surface area (Å²) in [4.78, 5) is 16.6. The van der Waals surface area contributed by atoms with Crippen molar-refractivity contribution in [1.29, 1.82) is 5.26 Å². The van der Waals surface area contributed by atoms with Crippen molar-refractivity contribution in [2.24, 2.45) is 0 Å². The molecule has 0 saturated carbocycles. The van der Waals surface area contributed by atoms with Crippen LogP contribution in [0.5, 0.6) is 0 Å². The number of anilines is 1. The Bertz CT molecular complexity index is 1020. The number of halogens is 1. The Labute approximate surface area is 163 Å². The lowest BCUT2D eigenvalue weighted by Crippen LogP contribution is -2.49. The van der Waals surface area contributed by atoms with Crippen molar-refractivity contribution in [3.63, 3.8) is 0 Å². The van der Waals surface area contributed by atoms with Gasteiger partial charge in [-0.15, -0.1) is 0 Å². The van der Waals surface area contributed by atoms with E-state index in [0.717, 1.165) is 11.9 Å². The number of sulfone groups is 1. The van der Waals surface area contributed by atoms with Crippen LogP contribution in [-0.2, 0) is 9.84 Å². The first-order chi connectivity index (χ1) is 12.8. The van der Waals surface area contributed by atoms with E-state index in [-0.39, 0.29) is 10.8 Å². The normalized spacial score (nSPS) is 14.7. The molecule has 8 heteroatoms. The lowest BCUT2D eigenvalue weighted by atomic mass is 10.1. The van der Waals surface area contributed by atoms with Gasteiger partial charge in [-0.1, -0.05) is 17.7 Å². The van der Waals surface area contributed by atoms with Crippen LogP contribution in [0.3, 0.4) is 0 Å². The fraction of sp³-hybridized carbons (Fsp3) is 0.263. The molecule has 0 bridgehead atoms. The summed E-state index contributed by atoms with van der Waals surface area (Å²) in [5, 5.41) is 9.81. The van der Waals surface area contributed by atoms with Gasteiger partial charge in [-0.05, 0) is 36.4 Å². The fourth-order valence-corrected chi connectivity index (χ4v) is 3.91. The van der Waals surface area contributed by atoms with Crippen LogP contribution < -0.4 is 4.90 Å². The quantitative estimate of drug-likeness (QED) is 0.786. The van der Waals surface area contributed by atoms with Gasteiger partial charge in [0.1, 0.15) is 6.07 Å². The predicted molar refractivity (Wildman–Crippen MR) is 104 cm³/mol. The van der Waals surface area contributed by atoms with Crippen molar-refractivity contribution >= 4 is 33.0 Å². The molecular formula is C19H18ClN3O3S. The van der Waals surface area contributed by atoms with E-state index in [1.807, 2.05) is 11.0 Å². The first kappa shape index (κ1) is 19.2. The maximum absolute atomic E-state index is 12.7. The molecule has 2 aromatic carbocycles. The number of nitrogens with zero attached hydrogens (tertiary/aromatic N) is 3. The third-order valence-electron chi connectivity index (χ3n) is 4.50. The molecule has 1 heterocycles. The Morgan fingerprint density at radius 3 is 2.44 bits per heavy atom. The highest BCUT2D eigenvalue weighted by Crippen LogP contribution is 2.25. The van der Waals surface area contributed by atoms with Crippen LogP contribution in [0.4, 0.5) is 5.69 Å². The topological polar surface area (TPSA) is 81.5 Å². The molecule has 0 N–H and O–H groups in total. The molecule has 0 atom stereocenters. The monoisotopic (exact) mass is 403 g/mol. The van der Waals surface area contributed by atoms with Crippen molar-refractivity contribution in [1.82, 2.24) is 4.90 Å². The third kappa shape index (κ3) is 4.24. The van der Waals surface area contributed by atoms with E-state index in [1.54, 1.807) is 29.2 Å². The zero-order valence-electron chi connectivity index (χ0n) is 14.7. The number of hydrogen-bond donors (Lipinski definition) is 0. The first-order valence-corrected chi connectivity index (χ1v) is 10.6. The van der Waals surface area contributed by atoms with Crippen LogP contribution in [0, 0.1) is 11.3 Å². The Kier molecular flexibility index (Phi) is 5.40. The number of piperazine rings is 1. The Balaban J connectivity index is 1.73. The number of hydrogen-bond acceptors (Lipinski definition) is 5. The van der Waals surface area contributed by atoms with Gasteiger partial charge in [0.2, 0.25) is 0 Å². The summed E-state index contributed by atoms with van der Waals surface area (Å²) >= 11 is 5.95. The molecule has 0 radical (unpaired) electrons. The van der Waals surface area contributed by atoms with Crippen molar-refractivity contribution < 1.29 is 13.2 Å². The Morgan fingerprint density at radius 2 is 1.81 bits per heavy atom. The molecule has 3 rings (SSSR count). The second kappa shape index (κ2) is 7.59. The molecule has 1 fully saturated rings. The minimum atomic E-state index is -3.37. The van der Waals surface area contributed by atoms with E-state index in [9.17, 15) is 18.5 Å². The van der Waals surface area contributed by atoms with E-state index in [4.69, 9.17) is 11.6 Å². The van der Waals surface area contributed by atoms with E-state index < -0.39 is 9.84 Å². The summed E-state index contributed by atoms with van der Waals surface area (Å²) in [7, 11) is -3.37. The minimum Gasteiger partial charge on any atom is -0.367 e. The van der Waals surface area contributed by atoms with Gasteiger partial charge >= 0.3 is 0 Å². The van der Waals surface area contributed by atoms with Crippen LogP contribution >= 0.6 is 11.6 Å². The highest BCUT2D eigenvalue weighted by Gasteiger charge is 2.24. The maximum Gasteiger partial charge on any atom is 0.254 e. The average molecular weight is 404 g/mol. The fourth-order valence-electron chi connectivity index (χ4n) is 3.07. The molecule has 0 aliphatic carbocycles. The molecule has 1 aliphatic heterocycles. The van der Waals surface area contributed by atoms with E-state index in [1.165, 1.54) is 12.1 Å². The van der Waals surface area contributed by atoms with E-state index >= 15 is 0 Å². The molecule has 1 aliphatic rings. The second-order valence-corrected chi connectivity index (χ2v) is 8.80. The smallest absolute Gasteiger partial charge is 0.254 e. The summed E-state index contributed by atoms with van der Waals surface area (Å²) in [5.41, 5.74) is 1.66. The van der Waals surface area contributed by atoms with Crippen LogP contribution in [0.25, 0.3) is 0 Å². The standard InChI is InChI=1S/C19H18ClN3O3S/c1-27(25,26)17-4-2-3-14(12-17)19(24)23-9-7-22(8-10-23)18-6-5-16(20)11-15(18)13-21/h2-6,11-12H,7-10H2,1H3. The predicted octanol–water partition coefficient (Wildman–Crippen LogP) is 2.58. The number of amides is 1. The maximum atomic E-state index is 12.7. The molecule has 0 aromatic heterocycles. The van der Waals surface area contributed by atoms with Gasteiger partial charge in [0.05, 0.1) is 16.1 Å². The van der Waals surface area contributed by atoms with E-state index in [0.29, 0.717) is 42.3 Å². The van der Waals surface area contributed by atoms with Gasteiger partial charge < -0.3 is 9.80 Å². The number of carbonyl (C=O) groups excluding carboxylic acids is 1. The average Bonchev–Trinajstić information content (AvgIpc) is 2.67. The number of benzene rings is 2. The number of nitriles is 1. The van der Waals surface area contributed by atoms with Crippen molar-refractivity contribution in [2.75, 3.05) is 37.3 Å². The van der Waals surface area contributed by atoms with Gasteiger partial charge in [-0.2, -0.15) is 5.26 Å². The zero-order chi connectivity index (χ0) is 19.6. The largest absolute Gasteiger partial charge is 0.367 e. The molecule has 140 valence electrons. The summed E-state index contributed by atoms with van der Waals surface area (Å²) in [6, 6.07) is 13.4. The molecule has 2 aromatic rings. The summed E-state index contributed by atoms with van der Waals surface area (Å²) in [6.45, 7) is 2.12. The summed E-state index contributed by atoms with van der Waals surface area (Å²) in [5.74, 6) is -0.197. The van der Waals surface area contributed by atoms with Crippen LogP contribution in [0.2, 0.25) is 5.02 Å². The number of carbonyl (C=O) groups is 1. The molecule has 0 unspecified atom stereocenters. The first-order valence-electron chi connectivity index (χ1n) is 8.33. The lowest BCUT2D eigenvalue weighted by Gasteiger charge is -2.36. The molecule has 6 nitrogen and oxygen atoms in total. The van der Waals surface area contributed by atoms with Crippen molar-refractivity contribution in [3.05, 3.63) is 58.6 Å². The molecule has 0 spiro atoms. The SMILES string of the molecule is CS(=O)(=O)c1cccc(C(=O)N2CCN(c3ccc(Cl)cc3C#N)CC2)c1. The number of rotatable bonds is 3. The van der Waals surface area contributed by atoms with Crippen molar-refractivity contribution in [2.45, 2.75) is 4.90 Å². The van der Waals surface area contributed by atoms with Gasteiger partial charge in [0, 0.05) is 43.0 Å². The summed E-state index contributed by atoms with van der Waals surface area (Å²) < 4.78 is 23.4. The van der Waals surface area contributed by atoms with Crippen LogP contribution in [-0.4, -0.2) is 51.7 Å². The molecular weight excluding hydrogens is 386 g/mol. The molecule has 27 heavy (non-hydrogen) atoms. The minimum absolute atomic E-state index is 0.131. The van der Waals surface area contributed by atoms with Gasteiger partial charge in [0.15, 0.2) is 9.84 Å². The van der Waals surface area contributed by atoms with Crippen molar-refractivity contribution in [3.8, 4) is 6.07 Å². The molecule has 1 saturated heterocycles. The van der Waals surface area contributed by atoms with Gasteiger partial charge in [-0.25, -0.2) is 8.42 Å². The lowest BCUT2D eigenvalue weighted by molar-refractivity contribution is 0.0746. The highest BCUT2D eigenvalue weighted by atomic mass is 35.5. The van der Waals surface area contributed by atoms with Crippen LogP contribution in [0.15, 0.2) is 47.4 Å². The third-order valence-corrected chi connectivity index (χ3v) is 5.84. The van der Waals surface area contributed by atoms with E-state index in [2.05, 4.69) is 6.07 Å². The summed E-state index contributed by atoms with van der Waals surface area (Å²) in [6.07, 6.45) is 1.12. The van der Waals surface area contributed by atoms with Gasteiger partial charge in [0.25, 0.3) is 5.91 Å². The highest BCUT2D eigenvalue weighted by molar-refractivity contribution is 7.90. The zero-order valence-corrected chi connectivity index (χ0v) is 16.3. The Hall–Kier alpha value is -2.56. The second-order valence-electron chi connectivity index (χ2n) is 6.35. The Morgan fingerprint density at radius 1 is 1.11 bits per heavy atom. The molecule has 1 amide bonds. The van der Waals surface area contributed by atoms with Crippen LogP contribution in [0.1, 0.15) is 15.9 Å².